The maximum Gasteiger partial charge on any atom is 0.326 e. The van der Waals surface area contributed by atoms with Crippen LogP contribution < -0.4 is 15.8 Å². The number of halogens is 1. The van der Waals surface area contributed by atoms with E-state index in [4.69, 9.17) is 20.3 Å². The first-order valence-corrected chi connectivity index (χ1v) is 7.79. The monoisotopic (exact) mass is 363 g/mol. The van der Waals surface area contributed by atoms with Crippen molar-refractivity contribution in [3.63, 3.8) is 0 Å². The first-order valence-electron chi connectivity index (χ1n) is 7.79. The number of methoxy groups -OCH3 is 1. The van der Waals surface area contributed by atoms with Gasteiger partial charge in [-0.2, -0.15) is 0 Å². The number of nitrogens with one attached hydrogen (secondary N) is 1. The molecule has 0 bridgehead atoms. The second-order valence-electron chi connectivity index (χ2n) is 5.82. The highest BCUT2D eigenvalue weighted by Gasteiger charge is 2.47. The van der Waals surface area contributed by atoms with Crippen LogP contribution in [0.5, 0.6) is 5.75 Å². The fourth-order valence-corrected chi connectivity index (χ4v) is 2.67. The summed E-state index contributed by atoms with van der Waals surface area (Å²) in [7, 11) is 1.43. The third kappa shape index (κ3) is 3.07. The smallest absolute Gasteiger partial charge is 0.326 e. The molecule has 0 spiro atoms. The molecule has 1 aromatic carbocycles. The van der Waals surface area contributed by atoms with Crippen molar-refractivity contribution in [2.24, 2.45) is 5.73 Å². The largest absolute Gasteiger partial charge is 0.497 e. The minimum atomic E-state index is -2.33. The molecule has 2 amide bonds. The molecule has 0 saturated heterocycles. The molecule has 0 fully saturated rings. The van der Waals surface area contributed by atoms with Crippen LogP contribution in [0, 0.1) is 0 Å². The fraction of sp³-hybridized carbons (Fsp3) is 0.294. The lowest BCUT2D eigenvalue weighted by Crippen LogP contribution is -2.67. The molecule has 2 aliphatic rings. The number of carbonyl (C=O) groups excluding carboxylic acids is 2. The summed E-state index contributed by atoms with van der Waals surface area (Å²) in [6.45, 7) is -0.274. The molecule has 3 atom stereocenters. The molecule has 0 aliphatic carbocycles. The zero-order valence-corrected chi connectivity index (χ0v) is 13.9. The van der Waals surface area contributed by atoms with Gasteiger partial charge in [-0.3, -0.25) is 15.4 Å². The number of ketones is 1. The number of ether oxygens (including phenoxy) is 2. The summed E-state index contributed by atoms with van der Waals surface area (Å²) in [6.07, 6.45) is 2.38. The van der Waals surface area contributed by atoms with Gasteiger partial charge in [0.15, 0.2) is 12.1 Å². The average Bonchev–Trinajstić information content (AvgIpc) is 3.13. The number of Topliss-reactive ketones (excluding diaryl/α,β-unsaturated/α-hetero) is 1. The van der Waals surface area contributed by atoms with Crippen LogP contribution in [0.1, 0.15) is 10.4 Å². The second kappa shape index (κ2) is 6.87. The van der Waals surface area contributed by atoms with Crippen molar-refractivity contribution in [2.45, 2.75) is 18.0 Å². The number of hydrogen-bond acceptors (Lipinski definition) is 6. The van der Waals surface area contributed by atoms with Crippen LogP contribution in [0.25, 0.3) is 0 Å². The van der Waals surface area contributed by atoms with E-state index in [0.29, 0.717) is 5.75 Å². The van der Waals surface area contributed by atoms with Crippen molar-refractivity contribution < 1.29 is 28.6 Å². The Morgan fingerprint density at radius 2 is 2.27 bits per heavy atom. The molecule has 1 aromatic rings. The van der Waals surface area contributed by atoms with Crippen LogP contribution in [0.15, 0.2) is 48.4 Å². The van der Waals surface area contributed by atoms with Gasteiger partial charge in [0.2, 0.25) is 11.4 Å². The van der Waals surface area contributed by atoms with Crippen molar-refractivity contribution in [3.05, 3.63) is 54.0 Å². The van der Waals surface area contributed by atoms with Gasteiger partial charge in [0.25, 0.3) is 0 Å². The molecule has 9 heteroatoms. The van der Waals surface area contributed by atoms with Gasteiger partial charge < -0.3 is 19.9 Å². The maximum absolute atomic E-state index is 14.7. The highest BCUT2D eigenvalue weighted by atomic mass is 19.1. The van der Waals surface area contributed by atoms with E-state index in [0.717, 1.165) is 11.1 Å². The molecule has 0 saturated carbocycles. The van der Waals surface area contributed by atoms with Gasteiger partial charge in [-0.15, -0.1) is 0 Å². The molecule has 1 unspecified atom stereocenters. The number of urea groups is 1. The number of rotatable bonds is 5. The number of amides is 2. The maximum atomic E-state index is 14.7. The van der Waals surface area contributed by atoms with Crippen LogP contribution in [0.4, 0.5) is 9.18 Å². The molecular weight excluding hydrogens is 345 g/mol. The zero-order valence-electron chi connectivity index (χ0n) is 13.9. The molecule has 2 heterocycles. The van der Waals surface area contributed by atoms with Gasteiger partial charge in [0.1, 0.15) is 11.9 Å². The van der Waals surface area contributed by atoms with Gasteiger partial charge in [-0.05, 0) is 18.2 Å². The van der Waals surface area contributed by atoms with Crippen LogP contribution in [0.3, 0.4) is 0 Å². The lowest BCUT2D eigenvalue weighted by atomic mass is 9.96. The minimum Gasteiger partial charge on any atom is -0.497 e. The lowest BCUT2D eigenvalue weighted by Gasteiger charge is -2.37. The number of hydrogen-bond donors (Lipinski definition) is 3. The number of benzene rings is 1. The van der Waals surface area contributed by atoms with E-state index in [-0.39, 0.29) is 12.2 Å². The predicted octanol–water partition coefficient (Wildman–Crippen LogP) is 0.642. The Morgan fingerprint density at radius 3 is 2.92 bits per heavy atom. The Kier molecular flexibility index (Phi) is 4.77. The van der Waals surface area contributed by atoms with Gasteiger partial charge in [0, 0.05) is 11.8 Å². The summed E-state index contributed by atoms with van der Waals surface area (Å²) < 4.78 is 25.1. The lowest BCUT2D eigenvalue weighted by molar-refractivity contribution is -0.0262. The molecule has 0 radical (unpaired) electrons. The summed E-state index contributed by atoms with van der Waals surface area (Å²) in [5.41, 5.74) is 3.63. The summed E-state index contributed by atoms with van der Waals surface area (Å²) in [5.74, 6) is -1.48. The Hall–Kier alpha value is -2.75. The van der Waals surface area contributed by atoms with E-state index in [2.05, 4.69) is 5.32 Å². The van der Waals surface area contributed by atoms with Gasteiger partial charge in [-0.1, -0.05) is 18.2 Å². The van der Waals surface area contributed by atoms with Crippen molar-refractivity contribution in [2.75, 3.05) is 13.7 Å². The molecular formula is C17H18FN3O5. The Balaban J connectivity index is 1.87. The third-order valence-corrected chi connectivity index (χ3v) is 4.12. The van der Waals surface area contributed by atoms with E-state index < -0.39 is 35.6 Å². The summed E-state index contributed by atoms with van der Waals surface area (Å²) in [4.78, 5) is 26.0. The van der Waals surface area contributed by atoms with Gasteiger partial charge >= 0.3 is 6.03 Å². The van der Waals surface area contributed by atoms with E-state index in [1.807, 2.05) is 0 Å². The van der Waals surface area contributed by atoms with E-state index in [9.17, 15) is 14.0 Å². The minimum absolute atomic E-state index is 0.0847. The average molecular weight is 363 g/mol. The van der Waals surface area contributed by atoms with Crippen molar-refractivity contribution in [1.82, 2.24) is 10.2 Å². The van der Waals surface area contributed by atoms with Gasteiger partial charge in [-0.25, -0.2) is 9.18 Å². The first kappa shape index (κ1) is 18.1. The number of carbonyl (C=O) groups is 2. The van der Waals surface area contributed by atoms with Crippen LogP contribution in [-0.4, -0.2) is 53.5 Å². The Bertz CT molecular complexity index is 796. The number of aliphatic hydroxyl groups excluding tert-OH is 1. The van der Waals surface area contributed by atoms with E-state index in [1.165, 1.54) is 25.3 Å². The highest BCUT2D eigenvalue weighted by molar-refractivity contribution is 6.07. The van der Waals surface area contributed by atoms with Crippen LogP contribution in [0.2, 0.25) is 0 Å². The summed E-state index contributed by atoms with van der Waals surface area (Å²) in [5, 5.41) is 11.3. The van der Waals surface area contributed by atoms with Gasteiger partial charge in [0.05, 0.1) is 13.7 Å². The second-order valence-corrected chi connectivity index (χ2v) is 5.82. The Labute approximate surface area is 148 Å². The molecule has 0 aromatic heterocycles. The predicted molar refractivity (Wildman–Crippen MR) is 88.7 cm³/mol. The normalized spacial score (nSPS) is 27.9. The topological polar surface area (TPSA) is 114 Å². The van der Waals surface area contributed by atoms with Crippen molar-refractivity contribution in [3.8, 4) is 5.75 Å². The van der Waals surface area contributed by atoms with Crippen molar-refractivity contribution in [1.29, 1.82) is 0 Å². The SMILES string of the molecule is COc1cccc(C(=O)C2(N)NC(=O)N([C@H]3C=C[C@@H](CO)O3)C=C2F)c1. The summed E-state index contributed by atoms with van der Waals surface area (Å²) in [6, 6.07) is 5.21. The molecule has 3 rings (SSSR count). The fourth-order valence-electron chi connectivity index (χ4n) is 2.67. The molecule has 8 nitrogen and oxygen atoms in total. The molecule has 2 aliphatic heterocycles. The zero-order chi connectivity index (χ0) is 18.9. The number of nitrogens with zero attached hydrogens (tertiary/aromatic N) is 1. The van der Waals surface area contributed by atoms with E-state index in [1.54, 1.807) is 18.2 Å². The number of nitrogens with two attached hydrogens (primary N) is 1. The summed E-state index contributed by atoms with van der Waals surface area (Å²) >= 11 is 0. The van der Waals surface area contributed by atoms with Crippen molar-refractivity contribution >= 4 is 11.8 Å². The van der Waals surface area contributed by atoms with E-state index >= 15 is 0 Å². The quantitative estimate of drug-likeness (QED) is 0.523. The van der Waals surface area contributed by atoms with Crippen LogP contribution in [-0.2, 0) is 4.74 Å². The standard InChI is InChI=1S/C17H18FN3O5/c1-25-11-4-2-3-10(7-11)15(23)17(19)13(18)8-21(16(24)20-17)14-6-5-12(9-22)26-14/h2-8,12,14,22H,9,19H2,1H3,(H,20,24)/t12-,14+,17?/m0/s1. The Morgan fingerprint density at radius 1 is 1.50 bits per heavy atom. The first-order chi connectivity index (χ1) is 12.4. The van der Waals surface area contributed by atoms with Crippen LogP contribution >= 0.6 is 0 Å². The molecule has 138 valence electrons. The molecule has 4 N–H and O–H groups in total. The molecule has 26 heavy (non-hydrogen) atoms. The third-order valence-electron chi connectivity index (χ3n) is 4.12. The number of aliphatic hydroxyl groups is 1. The highest BCUT2D eigenvalue weighted by Crippen LogP contribution is 2.27.